The molecule has 0 saturated carbocycles. The van der Waals surface area contributed by atoms with Gasteiger partial charge in [-0.15, -0.1) is 0 Å². The first-order valence-electron chi connectivity index (χ1n) is 23.4. The second-order valence-electron chi connectivity index (χ2n) is 19.0. The molecule has 6 heterocycles. The average molecular weight is 997 g/mol. The molecule has 6 N–H and O–H groups in total. The smallest absolute Gasteiger partial charge is 0.416 e. The van der Waals surface area contributed by atoms with Crippen LogP contribution in [0.3, 0.4) is 0 Å². The lowest BCUT2D eigenvalue weighted by Gasteiger charge is -2.41. The van der Waals surface area contributed by atoms with E-state index in [2.05, 4.69) is 10.2 Å². The summed E-state index contributed by atoms with van der Waals surface area (Å²) in [6.07, 6.45) is -4.47. The molecule has 4 aliphatic rings. The molecule has 3 aliphatic heterocycles. The van der Waals surface area contributed by atoms with E-state index in [1.165, 1.54) is 33.7 Å². The van der Waals surface area contributed by atoms with Crippen molar-refractivity contribution in [2.24, 2.45) is 5.73 Å². The Morgan fingerprint density at radius 3 is 2.50 bits per heavy atom. The van der Waals surface area contributed by atoms with Gasteiger partial charge in [0.15, 0.2) is 18.0 Å². The number of nitrogens with one attached hydrogen (secondary N) is 1. The number of benzene rings is 3. The van der Waals surface area contributed by atoms with Crippen LogP contribution >= 0.6 is 0 Å². The van der Waals surface area contributed by atoms with E-state index < -0.39 is 70.8 Å². The maximum Gasteiger partial charge on any atom is 0.416 e. The lowest BCUT2D eigenvalue weighted by molar-refractivity contribution is -0.172. The topological polar surface area (TPSA) is 248 Å². The number of carbonyl (C=O) groups excluding carboxylic acids is 3. The number of fused-ring (bicyclic) bond motifs is 5. The standard InChI is InChI=1S/C50H48F4N8O10/c1-4-49(70)35-15-38-43-32(20-61(38)45(66)33(35)21-71-46(49)67)28-7-5-6-27-30(36(51)16-37(56-43)42(27)28)12-26-19-60(48(69)72-22-41(55)65)11-10-59(26)18-24-8-9-25(13-34(24)50(52,53)54)62-44(57-58-47(62)68)31-14-29(23(2)3)39(63)17-40(31)64/h8-9,13-17,23,26,63-64,70H,4-7,10-12,18-22H2,1-3H3,(H2,55,65)(H,58,68)/t26?,49-/m0/s1. The summed E-state index contributed by atoms with van der Waals surface area (Å²) in [6.45, 7) is 3.71. The number of H-pyrrole nitrogens is 1. The van der Waals surface area contributed by atoms with Gasteiger partial charge in [0.2, 0.25) is 0 Å². The molecule has 3 aromatic heterocycles. The van der Waals surface area contributed by atoms with Gasteiger partial charge in [-0.25, -0.2) is 33.4 Å². The number of pyridine rings is 2. The lowest BCUT2D eigenvalue weighted by Crippen LogP contribution is -2.55. The number of esters is 1. The van der Waals surface area contributed by atoms with Crippen molar-refractivity contribution in [3.63, 3.8) is 0 Å². The fourth-order valence-electron chi connectivity index (χ4n) is 10.8. The molecule has 376 valence electrons. The number of aromatic nitrogens is 5. The van der Waals surface area contributed by atoms with Crippen molar-refractivity contribution in [1.29, 1.82) is 0 Å². The minimum Gasteiger partial charge on any atom is -0.508 e. The summed E-state index contributed by atoms with van der Waals surface area (Å²) in [5.41, 5.74) is 4.49. The van der Waals surface area contributed by atoms with E-state index in [1.54, 1.807) is 31.7 Å². The number of ether oxygens (including phenoxy) is 2. The molecule has 0 radical (unpaired) electrons. The minimum atomic E-state index is -4.97. The van der Waals surface area contributed by atoms with E-state index in [1.807, 2.05) is 0 Å². The number of carbonyl (C=O) groups is 3. The molecule has 22 heteroatoms. The molecule has 1 fully saturated rings. The second-order valence-corrected chi connectivity index (χ2v) is 19.0. The quantitative estimate of drug-likeness (QED) is 0.0880. The van der Waals surface area contributed by atoms with E-state index in [0.717, 1.165) is 27.8 Å². The van der Waals surface area contributed by atoms with Crippen LogP contribution in [0.2, 0.25) is 0 Å². The first-order chi connectivity index (χ1) is 34.2. The van der Waals surface area contributed by atoms with Crippen LogP contribution in [0, 0.1) is 5.82 Å². The number of aromatic amines is 1. The van der Waals surface area contributed by atoms with Gasteiger partial charge >= 0.3 is 23.9 Å². The first kappa shape index (κ1) is 48.1. The van der Waals surface area contributed by atoms with Crippen molar-refractivity contribution in [1.82, 2.24) is 34.1 Å². The number of phenolic OH excluding ortho intramolecular Hbond substituents is 2. The van der Waals surface area contributed by atoms with Crippen LogP contribution in [0.4, 0.5) is 22.4 Å². The van der Waals surface area contributed by atoms with Crippen molar-refractivity contribution in [2.45, 2.75) is 96.3 Å². The van der Waals surface area contributed by atoms with Crippen LogP contribution in [-0.2, 0) is 69.8 Å². The number of aliphatic hydroxyl groups is 1. The summed E-state index contributed by atoms with van der Waals surface area (Å²) in [4.78, 5) is 72.7. The fourth-order valence-corrected chi connectivity index (χ4v) is 10.8. The average Bonchev–Trinajstić information content (AvgIpc) is 3.91. The van der Waals surface area contributed by atoms with Gasteiger partial charge in [-0.2, -0.15) is 18.3 Å². The van der Waals surface area contributed by atoms with Crippen LogP contribution in [-0.4, -0.2) is 99.7 Å². The number of primary amides is 1. The molecule has 3 aromatic carbocycles. The number of piperazine rings is 1. The van der Waals surface area contributed by atoms with Crippen molar-refractivity contribution in [2.75, 3.05) is 26.2 Å². The number of hydrogen-bond acceptors (Lipinski definition) is 13. The summed E-state index contributed by atoms with van der Waals surface area (Å²) in [5.74, 6) is -3.56. The van der Waals surface area contributed by atoms with E-state index >= 15 is 17.6 Å². The van der Waals surface area contributed by atoms with Crippen molar-refractivity contribution in [3.8, 4) is 40.0 Å². The third-order valence-electron chi connectivity index (χ3n) is 14.5. The lowest BCUT2D eigenvalue weighted by atomic mass is 9.82. The molecule has 1 aliphatic carbocycles. The molecule has 10 rings (SSSR count). The third kappa shape index (κ3) is 7.92. The van der Waals surface area contributed by atoms with Gasteiger partial charge in [-0.3, -0.25) is 14.5 Å². The number of nitrogens with two attached hydrogens (primary N) is 1. The van der Waals surface area contributed by atoms with Gasteiger partial charge in [0.1, 0.15) is 23.9 Å². The summed E-state index contributed by atoms with van der Waals surface area (Å²) in [7, 11) is 0. The molecule has 18 nitrogen and oxygen atoms in total. The maximum atomic E-state index is 17.0. The number of hydrogen-bond donors (Lipinski definition) is 5. The van der Waals surface area contributed by atoms with Crippen LogP contribution in [0.5, 0.6) is 11.5 Å². The van der Waals surface area contributed by atoms with Gasteiger partial charge in [0.25, 0.3) is 11.5 Å². The molecule has 0 bridgehead atoms. The highest BCUT2D eigenvalue weighted by atomic mass is 19.4. The zero-order chi connectivity index (χ0) is 51.3. The van der Waals surface area contributed by atoms with Crippen LogP contribution in [0.15, 0.2) is 52.1 Å². The minimum absolute atomic E-state index is 0.00926. The molecule has 1 saturated heterocycles. The SMILES string of the molecule is CC[C@@]1(O)C(=O)OCc2c1cc1n(c2=O)Cc2c-1nc1cc(F)c(CC3CN(C(=O)OCC(N)=O)CCN3Cc3ccc(-n4c(-c5cc(C(C)C)c(O)cc5O)n[nH]c4=O)cc3C(F)(F)F)c3c1c2CCC3. The highest BCUT2D eigenvalue weighted by Crippen LogP contribution is 2.45. The van der Waals surface area contributed by atoms with Crippen molar-refractivity contribution >= 4 is 28.9 Å². The van der Waals surface area contributed by atoms with Crippen molar-refractivity contribution in [3.05, 3.63) is 119 Å². The number of aromatic hydroxyl groups is 2. The zero-order valence-corrected chi connectivity index (χ0v) is 39.2. The Kier molecular flexibility index (Phi) is 11.8. The normalized spacial score (nSPS) is 18.5. The largest absolute Gasteiger partial charge is 0.508 e. The van der Waals surface area contributed by atoms with Gasteiger partial charge in [0.05, 0.1) is 45.8 Å². The molecular weight excluding hydrogens is 949 g/mol. The Labute approximate surface area is 406 Å². The number of rotatable bonds is 10. The third-order valence-corrected chi connectivity index (χ3v) is 14.5. The van der Waals surface area contributed by atoms with Crippen molar-refractivity contribution < 1.29 is 56.7 Å². The van der Waals surface area contributed by atoms with Crippen LogP contribution < -0.4 is 17.0 Å². The number of cyclic esters (lactones) is 1. The molecule has 72 heavy (non-hydrogen) atoms. The molecule has 1 unspecified atom stereocenters. The van der Waals surface area contributed by atoms with Gasteiger partial charge < -0.3 is 40.0 Å². The Morgan fingerprint density at radius 2 is 1.78 bits per heavy atom. The summed E-state index contributed by atoms with van der Waals surface area (Å²) in [6, 6.07) is 7.82. The van der Waals surface area contributed by atoms with Gasteiger partial charge in [0, 0.05) is 60.9 Å². The van der Waals surface area contributed by atoms with Gasteiger partial charge in [-0.05, 0) is 90.1 Å². The number of aryl methyl sites for hydroxylation is 2. The molecule has 2 amide bonds. The van der Waals surface area contributed by atoms with Crippen LogP contribution in [0.1, 0.15) is 89.6 Å². The first-order valence-corrected chi connectivity index (χ1v) is 23.4. The highest BCUT2D eigenvalue weighted by Gasteiger charge is 2.46. The molecule has 0 spiro atoms. The summed E-state index contributed by atoms with van der Waals surface area (Å²) >= 11 is 0. The Bertz CT molecular complexity index is 3420. The summed E-state index contributed by atoms with van der Waals surface area (Å²) in [5, 5.41) is 39.6. The predicted molar refractivity (Wildman–Crippen MR) is 249 cm³/mol. The number of halogens is 4. The zero-order valence-electron chi connectivity index (χ0n) is 39.2. The number of nitrogens with zero attached hydrogens (tertiary/aromatic N) is 6. The Balaban J connectivity index is 1.03. The molecule has 2 atom stereocenters. The van der Waals surface area contributed by atoms with E-state index in [0.29, 0.717) is 52.7 Å². The predicted octanol–water partition coefficient (Wildman–Crippen LogP) is 5.15. The van der Waals surface area contributed by atoms with E-state index in [9.17, 15) is 39.3 Å². The van der Waals surface area contributed by atoms with Gasteiger partial charge in [-0.1, -0.05) is 26.8 Å². The maximum absolute atomic E-state index is 17.0. The molecule has 6 aromatic rings. The van der Waals surface area contributed by atoms with E-state index in [4.69, 9.17) is 20.2 Å². The Hall–Kier alpha value is -7.59. The second kappa shape index (κ2) is 17.6. The fraction of sp³-hybridized carbons (Fsp3) is 0.380. The summed E-state index contributed by atoms with van der Waals surface area (Å²) < 4.78 is 75.4. The number of phenols is 2. The Morgan fingerprint density at radius 1 is 1.01 bits per heavy atom. The van der Waals surface area contributed by atoms with Crippen LogP contribution in [0.25, 0.3) is 39.4 Å². The monoisotopic (exact) mass is 996 g/mol. The number of alkyl halides is 3. The highest BCUT2D eigenvalue weighted by molar-refractivity contribution is 5.93. The molecular formula is C50H48F4N8O10. The van der Waals surface area contributed by atoms with E-state index in [-0.39, 0.29) is 103 Å². The number of amides is 2.